The van der Waals surface area contributed by atoms with Crippen LogP contribution in [0.4, 0.5) is 0 Å². The van der Waals surface area contributed by atoms with Crippen LogP contribution in [0.3, 0.4) is 0 Å². The Bertz CT molecular complexity index is 293. The molecule has 1 heterocycles. The van der Waals surface area contributed by atoms with Crippen LogP contribution >= 0.6 is 22.6 Å². The van der Waals surface area contributed by atoms with Crippen molar-refractivity contribution in [3.05, 3.63) is 27.6 Å². The topological polar surface area (TPSA) is 77.3 Å². The first kappa shape index (κ1) is 9.24. The van der Waals surface area contributed by atoms with Gasteiger partial charge in [0.05, 0.1) is 6.54 Å². The van der Waals surface area contributed by atoms with Crippen molar-refractivity contribution < 1.29 is 0 Å². The first-order chi connectivity index (χ1) is 5.68. The van der Waals surface area contributed by atoms with E-state index in [0.717, 1.165) is 9.13 Å². The van der Waals surface area contributed by atoms with Crippen LogP contribution in [0.25, 0.3) is 0 Å². The molecule has 0 amide bonds. The molecule has 0 aliphatic carbocycles. The summed E-state index contributed by atoms with van der Waals surface area (Å²) in [6.07, 6.45) is 3.52. The van der Waals surface area contributed by atoms with Crippen LogP contribution in [0.1, 0.15) is 5.56 Å². The second-order valence-corrected chi connectivity index (χ2v) is 3.50. The van der Waals surface area contributed by atoms with Crippen molar-refractivity contribution in [2.45, 2.75) is 6.54 Å². The van der Waals surface area contributed by atoms with Gasteiger partial charge in [0, 0.05) is 16.0 Å². The van der Waals surface area contributed by atoms with Crippen LogP contribution in [0, 0.1) is 3.57 Å². The molecule has 0 unspecified atom stereocenters. The van der Waals surface area contributed by atoms with Crippen LogP contribution in [0.2, 0.25) is 0 Å². The minimum absolute atomic E-state index is 0.105. The van der Waals surface area contributed by atoms with Gasteiger partial charge in [-0.3, -0.25) is 4.98 Å². The van der Waals surface area contributed by atoms with Gasteiger partial charge in [0.25, 0.3) is 0 Å². The van der Waals surface area contributed by atoms with Gasteiger partial charge in [0.2, 0.25) is 0 Å². The quantitative estimate of drug-likeness (QED) is 0.468. The van der Waals surface area contributed by atoms with E-state index < -0.39 is 0 Å². The fourth-order valence-electron chi connectivity index (χ4n) is 0.725. The minimum Gasteiger partial charge on any atom is -0.370 e. The number of rotatable bonds is 2. The van der Waals surface area contributed by atoms with E-state index in [9.17, 15) is 0 Å². The lowest BCUT2D eigenvalue weighted by Gasteiger charge is -1.96. The van der Waals surface area contributed by atoms with Gasteiger partial charge in [-0.25, -0.2) is 4.99 Å². The molecule has 12 heavy (non-hydrogen) atoms. The van der Waals surface area contributed by atoms with E-state index in [1.807, 2.05) is 6.07 Å². The molecule has 4 nitrogen and oxygen atoms in total. The summed E-state index contributed by atoms with van der Waals surface area (Å²) < 4.78 is 1.08. The molecule has 0 bridgehead atoms. The van der Waals surface area contributed by atoms with Crippen molar-refractivity contribution in [1.29, 1.82) is 0 Å². The molecule has 0 saturated carbocycles. The summed E-state index contributed by atoms with van der Waals surface area (Å²) in [5, 5.41) is 0. The highest BCUT2D eigenvalue weighted by molar-refractivity contribution is 14.1. The molecule has 0 saturated heterocycles. The third-order valence-electron chi connectivity index (χ3n) is 1.21. The van der Waals surface area contributed by atoms with E-state index in [0.29, 0.717) is 6.54 Å². The van der Waals surface area contributed by atoms with E-state index in [1.54, 1.807) is 12.4 Å². The van der Waals surface area contributed by atoms with Gasteiger partial charge in [-0.15, -0.1) is 0 Å². The number of nitrogens with two attached hydrogens (primary N) is 2. The molecule has 5 heteroatoms. The standard InChI is InChI=1S/C7H9IN4/c8-6-1-5(2-11-4-6)3-12-7(9)10/h1-2,4H,3H2,(H4,9,10,12). The summed E-state index contributed by atoms with van der Waals surface area (Å²) in [4.78, 5) is 7.87. The average Bonchev–Trinajstić information content (AvgIpc) is 2.01. The molecule has 0 aliphatic rings. The fourth-order valence-corrected chi connectivity index (χ4v) is 1.29. The molecule has 0 fully saturated rings. The average molecular weight is 276 g/mol. The molecular formula is C7H9IN4. The zero-order valence-corrected chi connectivity index (χ0v) is 8.52. The van der Waals surface area contributed by atoms with Crippen LogP contribution in [-0.4, -0.2) is 10.9 Å². The fraction of sp³-hybridized carbons (Fsp3) is 0.143. The van der Waals surface area contributed by atoms with Crippen molar-refractivity contribution >= 4 is 28.6 Å². The zero-order chi connectivity index (χ0) is 8.97. The van der Waals surface area contributed by atoms with E-state index in [1.165, 1.54) is 0 Å². The Hall–Kier alpha value is -0.850. The Morgan fingerprint density at radius 2 is 2.25 bits per heavy atom. The lowest BCUT2D eigenvalue weighted by atomic mass is 10.3. The minimum atomic E-state index is 0.105. The van der Waals surface area contributed by atoms with Crippen molar-refractivity contribution in [3.8, 4) is 0 Å². The van der Waals surface area contributed by atoms with Gasteiger partial charge in [-0.2, -0.15) is 0 Å². The predicted molar refractivity (Wildman–Crippen MR) is 56.5 cm³/mol. The van der Waals surface area contributed by atoms with Crippen LogP contribution < -0.4 is 11.5 Å². The SMILES string of the molecule is NC(N)=NCc1cncc(I)c1. The molecular weight excluding hydrogens is 267 g/mol. The monoisotopic (exact) mass is 276 g/mol. The van der Waals surface area contributed by atoms with E-state index in [2.05, 4.69) is 32.6 Å². The molecule has 0 aromatic carbocycles. The van der Waals surface area contributed by atoms with Gasteiger partial charge in [-0.05, 0) is 34.2 Å². The molecule has 0 aliphatic heterocycles. The largest absolute Gasteiger partial charge is 0.370 e. The van der Waals surface area contributed by atoms with Gasteiger partial charge < -0.3 is 11.5 Å². The molecule has 0 atom stereocenters. The summed E-state index contributed by atoms with van der Waals surface area (Å²) in [6, 6.07) is 1.99. The van der Waals surface area contributed by atoms with Gasteiger partial charge in [0.1, 0.15) is 0 Å². The number of pyridine rings is 1. The highest BCUT2D eigenvalue weighted by Crippen LogP contribution is 2.05. The number of hydrogen-bond acceptors (Lipinski definition) is 2. The number of nitrogens with zero attached hydrogens (tertiary/aromatic N) is 2. The van der Waals surface area contributed by atoms with Crippen LogP contribution in [0.5, 0.6) is 0 Å². The normalized spacial score (nSPS) is 9.42. The van der Waals surface area contributed by atoms with Crippen molar-refractivity contribution in [2.24, 2.45) is 16.5 Å². The Balaban J connectivity index is 2.70. The smallest absolute Gasteiger partial charge is 0.186 e. The lowest BCUT2D eigenvalue weighted by Crippen LogP contribution is -2.22. The van der Waals surface area contributed by atoms with Gasteiger partial charge >= 0.3 is 0 Å². The molecule has 4 N–H and O–H groups in total. The lowest BCUT2D eigenvalue weighted by molar-refractivity contribution is 1.03. The highest BCUT2D eigenvalue weighted by atomic mass is 127. The molecule has 1 aromatic rings. The van der Waals surface area contributed by atoms with Crippen LogP contribution in [0.15, 0.2) is 23.5 Å². The predicted octanol–water partition coefficient (Wildman–Crippen LogP) is 0.460. The second-order valence-electron chi connectivity index (χ2n) is 2.25. The number of guanidine groups is 1. The van der Waals surface area contributed by atoms with E-state index in [4.69, 9.17) is 11.5 Å². The van der Waals surface area contributed by atoms with Crippen molar-refractivity contribution in [3.63, 3.8) is 0 Å². The summed E-state index contributed by atoms with van der Waals surface area (Å²) in [5.74, 6) is 0.105. The molecule has 1 aromatic heterocycles. The van der Waals surface area contributed by atoms with Crippen molar-refractivity contribution in [1.82, 2.24) is 4.98 Å². The third kappa shape index (κ3) is 3.04. The van der Waals surface area contributed by atoms with E-state index in [-0.39, 0.29) is 5.96 Å². The number of aromatic nitrogens is 1. The Morgan fingerprint density at radius 1 is 1.50 bits per heavy atom. The molecule has 64 valence electrons. The van der Waals surface area contributed by atoms with Gasteiger partial charge in [0.15, 0.2) is 5.96 Å². The Labute approximate surface area is 84.2 Å². The first-order valence-electron chi connectivity index (χ1n) is 3.33. The summed E-state index contributed by atoms with van der Waals surface area (Å²) in [6.45, 7) is 0.492. The van der Waals surface area contributed by atoms with E-state index >= 15 is 0 Å². The Kier molecular flexibility index (Phi) is 3.27. The van der Waals surface area contributed by atoms with Gasteiger partial charge in [-0.1, -0.05) is 0 Å². The van der Waals surface area contributed by atoms with Crippen LogP contribution in [-0.2, 0) is 6.54 Å². The van der Waals surface area contributed by atoms with Crippen molar-refractivity contribution in [2.75, 3.05) is 0 Å². The maximum absolute atomic E-state index is 5.18. The second kappa shape index (κ2) is 4.24. The third-order valence-corrected chi connectivity index (χ3v) is 1.80. The number of aliphatic imine (C=N–C) groups is 1. The Morgan fingerprint density at radius 3 is 2.83 bits per heavy atom. The molecule has 0 spiro atoms. The molecule has 0 radical (unpaired) electrons. The maximum Gasteiger partial charge on any atom is 0.186 e. The zero-order valence-electron chi connectivity index (χ0n) is 6.37. The summed E-state index contributed by atoms with van der Waals surface area (Å²) >= 11 is 2.19. The molecule has 1 rings (SSSR count). The highest BCUT2D eigenvalue weighted by Gasteiger charge is 1.92. The number of hydrogen-bond donors (Lipinski definition) is 2. The summed E-state index contributed by atoms with van der Waals surface area (Å²) in [5.41, 5.74) is 11.4. The summed E-state index contributed by atoms with van der Waals surface area (Å²) in [7, 11) is 0. The maximum atomic E-state index is 5.18. The number of halogens is 1. The first-order valence-corrected chi connectivity index (χ1v) is 4.41.